The zero-order chi connectivity index (χ0) is 19.1. The summed E-state index contributed by atoms with van der Waals surface area (Å²) < 4.78 is 1.37. The third-order valence-electron chi connectivity index (χ3n) is 4.90. The second-order valence-electron chi connectivity index (χ2n) is 6.69. The molecule has 3 aromatic rings. The van der Waals surface area contributed by atoms with Gasteiger partial charge in [-0.2, -0.15) is 5.10 Å². The van der Waals surface area contributed by atoms with Gasteiger partial charge in [0, 0.05) is 5.69 Å². The van der Waals surface area contributed by atoms with Gasteiger partial charge in [-0.25, -0.2) is 0 Å². The molecule has 0 saturated heterocycles. The number of hydrogen-bond donors (Lipinski definition) is 1. The highest BCUT2D eigenvalue weighted by molar-refractivity contribution is 5.91. The summed E-state index contributed by atoms with van der Waals surface area (Å²) in [5, 5.41) is 18.1. The summed E-state index contributed by atoms with van der Waals surface area (Å²) in [6.45, 7) is 3.09. The predicted molar refractivity (Wildman–Crippen MR) is 102 cm³/mol. The summed E-state index contributed by atoms with van der Waals surface area (Å²) in [4.78, 5) is 23.0. The molecule has 1 aromatic heterocycles. The molecule has 1 amide bonds. The number of nitro groups is 1. The number of aryl methyl sites for hydroxylation is 1. The Labute approximate surface area is 155 Å². The number of carbonyl (C=O) groups excluding carboxylic acids is 1. The largest absolute Gasteiger partial charge is 0.324 e. The number of nitrogens with one attached hydrogen (secondary N) is 1. The molecule has 0 saturated carbocycles. The molecular formula is C20H18N4O3. The molecule has 1 aliphatic rings. The van der Waals surface area contributed by atoms with Crippen LogP contribution in [0, 0.1) is 24.0 Å². The lowest BCUT2D eigenvalue weighted by Crippen LogP contribution is -2.20. The number of benzene rings is 2. The van der Waals surface area contributed by atoms with Gasteiger partial charge in [0.25, 0.3) is 0 Å². The maximum Gasteiger partial charge on any atom is 0.312 e. The monoisotopic (exact) mass is 362 g/mol. The van der Waals surface area contributed by atoms with Gasteiger partial charge >= 0.3 is 5.69 Å². The van der Waals surface area contributed by atoms with Crippen LogP contribution in [-0.4, -0.2) is 20.6 Å². The van der Waals surface area contributed by atoms with E-state index < -0.39 is 4.92 Å². The Morgan fingerprint density at radius 1 is 1.19 bits per heavy atom. The zero-order valence-electron chi connectivity index (χ0n) is 15.0. The van der Waals surface area contributed by atoms with Crippen LogP contribution in [0.3, 0.4) is 0 Å². The van der Waals surface area contributed by atoms with Crippen LogP contribution >= 0.6 is 0 Å². The van der Waals surface area contributed by atoms with E-state index in [0.29, 0.717) is 17.1 Å². The van der Waals surface area contributed by atoms with E-state index >= 15 is 0 Å². The Balaban J connectivity index is 1.51. The molecule has 0 atom stereocenters. The summed E-state index contributed by atoms with van der Waals surface area (Å²) in [6.07, 6.45) is 0.846. The van der Waals surface area contributed by atoms with Crippen molar-refractivity contribution < 1.29 is 9.72 Å². The highest BCUT2D eigenvalue weighted by atomic mass is 16.6. The highest BCUT2D eigenvalue weighted by Gasteiger charge is 2.23. The Hall–Kier alpha value is -3.48. The Morgan fingerprint density at radius 2 is 1.93 bits per heavy atom. The van der Waals surface area contributed by atoms with E-state index in [2.05, 4.69) is 22.5 Å². The fraction of sp³-hybridized carbons (Fsp3) is 0.200. The van der Waals surface area contributed by atoms with Crippen molar-refractivity contribution in [3.8, 4) is 11.1 Å². The van der Waals surface area contributed by atoms with Gasteiger partial charge in [-0.05, 0) is 54.7 Å². The summed E-state index contributed by atoms with van der Waals surface area (Å²) in [6, 6.07) is 14.2. The van der Waals surface area contributed by atoms with Gasteiger partial charge < -0.3 is 5.32 Å². The van der Waals surface area contributed by atoms with E-state index in [0.717, 1.165) is 6.42 Å². The van der Waals surface area contributed by atoms with Gasteiger partial charge in [0.05, 0.1) is 4.92 Å². The van der Waals surface area contributed by atoms with Gasteiger partial charge in [0.15, 0.2) is 0 Å². The van der Waals surface area contributed by atoms with Crippen molar-refractivity contribution in [2.75, 3.05) is 5.32 Å². The molecule has 4 rings (SSSR count). The van der Waals surface area contributed by atoms with Crippen molar-refractivity contribution in [2.45, 2.75) is 26.8 Å². The number of anilines is 1. The molecule has 1 aliphatic carbocycles. The first-order valence-corrected chi connectivity index (χ1v) is 8.63. The quantitative estimate of drug-likeness (QED) is 0.443. The molecule has 0 unspecified atom stereocenters. The third-order valence-corrected chi connectivity index (χ3v) is 4.90. The fourth-order valence-electron chi connectivity index (χ4n) is 3.67. The molecule has 0 fully saturated rings. The maximum atomic E-state index is 12.4. The molecule has 0 radical (unpaired) electrons. The van der Waals surface area contributed by atoms with E-state index in [1.54, 1.807) is 13.8 Å². The standard InChI is InChI=1S/C20H18N4O3/c1-12-20(24(26)27)13(2)23(22-12)11-19(25)21-16-7-8-18-15(10-16)9-14-5-3-4-6-17(14)18/h3-8,10H,9,11H2,1-2H3,(H,21,25). The second-order valence-corrected chi connectivity index (χ2v) is 6.69. The normalized spacial score (nSPS) is 11.8. The molecule has 7 heteroatoms. The minimum absolute atomic E-state index is 0.0434. The first-order valence-electron chi connectivity index (χ1n) is 8.63. The van der Waals surface area contributed by atoms with E-state index in [9.17, 15) is 14.9 Å². The lowest BCUT2D eigenvalue weighted by atomic mass is 10.1. The molecule has 7 nitrogen and oxygen atoms in total. The van der Waals surface area contributed by atoms with Crippen LogP contribution in [-0.2, 0) is 17.8 Å². The van der Waals surface area contributed by atoms with E-state index in [-0.39, 0.29) is 18.1 Å². The SMILES string of the molecule is Cc1nn(CC(=O)Nc2ccc3c(c2)Cc2ccccc2-3)c(C)c1[N+](=O)[O-]. The van der Waals surface area contributed by atoms with Crippen molar-refractivity contribution in [3.63, 3.8) is 0 Å². The van der Waals surface area contributed by atoms with E-state index in [4.69, 9.17) is 0 Å². The highest BCUT2D eigenvalue weighted by Crippen LogP contribution is 2.37. The molecule has 27 heavy (non-hydrogen) atoms. The van der Waals surface area contributed by atoms with Crippen molar-refractivity contribution in [3.05, 3.63) is 75.1 Å². The Bertz CT molecular complexity index is 1080. The van der Waals surface area contributed by atoms with Gasteiger partial charge in [-0.3, -0.25) is 19.6 Å². The molecule has 136 valence electrons. The van der Waals surface area contributed by atoms with Crippen LogP contribution in [0.2, 0.25) is 0 Å². The fourth-order valence-corrected chi connectivity index (χ4v) is 3.67. The lowest BCUT2D eigenvalue weighted by Gasteiger charge is -2.08. The van der Waals surface area contributed by atoms with Crippen LogP contribution in [0.25, 0.3) is 11.1 Å². The molecular weight excluding hydrogens is 344 g/mol. The molecule has 1 N–H and O–H groups in total. The number of rotatable bonds is 4. The molecule has 0 bridgehead atoms. The topological polar surface area (TPSA) is 90.1 Å². The summed E-state index contributed by atoms with van der Waals surface area (Å²) in [5.41, 5.74) is 6.23. The number of fused-ring (bicyclic) bond motifs is 3. The number of aromatic nitrogens is 2. The van der Waals surface area contributed by atoms with Crippen LogP contribution in [0.1, 0.15) is 22.5 Å². The van der Waals surface area contributed by atoms with Gasteiger partial charge in [0.2, 0.25) is 5.91 Å². The summed E-state index contributed by atoms with van der Waals surface area (Å²) >= 11 is 0. The van der Waals surface area contributed by atoms with Crippen LogP contribution in [0.4, 0.5) is 11.4 Å². The second kappa shape index (κ2) is 6.35. The average molecular weight is 362 g/mol. The Morgan fingerprint density at radius 3 is 2.67 bits per heavy atom. The molecule has 0 spiro atoms. The first kappa shape index (κ1) is 17.0. The number of carbonyl (C=O) groups is 1. The van der Waals surface area contributed by atoms with Gasteiger partial charge in [0.1, 0.15) is 17.9 Å². The average Bonchev–Trinajstić information content (AvgIpc) is 3.11. The summed E-state index contributed by atoms with van der Waals surface area (Å²) in [5.74, 6) is -0.272. The van der Waals surface area contributed by atoms with Crippen LogP contribution < -0.4 is 5.32 Å². The van der Waals surface area contributed by atoms with Crippen molar-refractivity contribution in [1.29, 1.82) is 0 Å². The van der Waals surface area contributed by atoms with Crippen molar-refractivity contribution in [1.82, 2.24) is 9.78 Å². The molecule has 2 aromatic carbocycles. The Kier molecular flexibility index (Phi) is 3.99. The van der Waals surface area contributed by atoms with Gasteiger partial charge in [-0.15, -0.1) is 0 Å². The van der Waals surface area contributed by atoms with Crippen molar-refractivity contribution >= 4 is 17.3 Å². The number of nitrogens with zero attached hydrogens (tertiary/aromatic N) is 3. The molecule has 1 heterocycles. The van der Waals surface area contributed by atoms with Crippen molar-refractivity contribution in [2.24, 2.45) is 0 Å². The van der Waals surface area contributed by atoms with Crippen LogP contribution in [0.15, 0.2) is 42.5 Å². The number of amides is 1. The summed E-state index contributed by atoms with van der Waals surface area (Å²) in [7, 11) is 0. The third kappa shape index (κ3) is 2.97. The molecule has 0 aliphatic heterocycles. The first-order chi connectivity index (χ1) is 12.9. The van der Waals surface area contributed by atoms with Gasteiger partial charge in [-0.1, -0.05) is 30.3 Å². The minimum Gasteiger partial charge on any atom is -0.324 e. The van der Waals surface area contributed by atoms with E-state index in [1.165, 1.54) is 26.9 Å². The van der Waals surface area contributed by atoms with E-state index in [1.807, 2.05) is 30.3 Å². The van der Waals surface area contributed by atoms with Crippen LogP contribution in [0.5, 0.6) is 0 Å². The zero-order valence-corrected chi connectivity index (χ0v) is 15.0. The number of hydrogen-bond acceptors (Lipinski definition) is 4. The predicted octanol–water partition coefficient (Wildman–Crippen LogP) is 3.62. The lowest BCUT2D eigenvalue weighted by molar-refractivity contribution is -0.386. The maximum absolute atomic E-state index is 12.4. The minimum atomic E-state index is -0.468. The smallest absolute Gasteiger partial charge is 0.312 e.